The number of hydrogen-bond donors (Lipinski definition) is 4. The molecule has 0 radical (unpaired) electrons. The van der Waals surface area contributed by atoms with Crippen molar-refractivity contribution in [1.82, 2.24) is 5.32 Å². The van der Waals surface area contributed by atoms with Crippen LogP contribution in [0.3, 0.4) is 0 Å². The van der Waals surface area contributed by atoms with Gasteiger partial charge in [-0.05, 0) is 64.2 Å². The number of carbonyl (C=O) groups excluding carboxylic acids is 1. The summed E-state index contributed by atoms with van der Waals surface area (Å²) in [5.41, 5.74) is 0. The van der Waals surface area contributed by atoms with Crippen molar-refractivity contribution in [2.75, 3.05) is 6.61 Å². The van der Waals surface area contributed by atoms with Crippen LogP contribution >= 0.6 is 0 Å². The molecule has 0 saturated heterocycles. The molecule has 0 saturated carbocycles. The van der Waals surface area contributed by atoms with E-state index in [4.69, 9.17) is 0 Å². The van der Waals surface area contributed by atoms with Gasteiger partial charge in [-0.3, -0.25) is 4.79 Å². The quantitative estimate of drug-likeness (QED) is 0.0447. The number of rotatable bonds is 32. The molecule has 0 rings (SSSR count). The molecule has 0 bridgehead atoms. The van der Waals surface area contributed by atoms with Gasteiger partial charge in [0.15, 0.2) is 0 Å². The molecule has 0 aliphatic carbocycles. The van der Waals surface area contributed by atoms with Gasteiger partial charge < -0.3 is 20.6 Å². The van der Waals surface area contributed by atoms with Crippen LogP contribution < -0.4 is 5.32 Å². The molecule has 44 heavy (non-hydrogen) atoms. The zero-order chi connectivity index (χ0) is 32.4. The molecule has 3 unspecified atom stereocenters. The lowest BCUT2D eigenvalue weighted by atomic mass is 10.0. The first kappa shape index (κ1) is 42.3. The first-order valence-electron chi connectivity index (χ1n) is 18.5. The fourth-order valence-electron chi connectivity index (χ4n) is 5.16. The molecule has 0 aromatic carbocycles. The number of amides is 1. The normalized spacial score (nSPS) is 14.4. The van der Waals surface area contributed by atoms with Crippen LogP contribution in [-0.2, 0) is 4.79 Å². The second kappa shape index (κ2) is 34.2. The van der Waals surface area contributed by atoms with Crippen LogP contribution in [-0.4, -0.2) is 46.1 Å². The number of carbonyl (C=O) groups is 1. The number of aliphatic hydroxyl groups excluding tert-OH is 3. The summed E-state index contributed by atoms with van der Waals surface area (Å²) in [6, 6.07) is -0.821. The van der Waals surface area contributed by atoms with Gasteiger partial charge in [-0.2, -0.15) is 0 Å². The largest absolute Gasteiger partial charge is 0.394 e. The van der Waals surface area contributed by atoms with E-state index in [0.29, 0.717) is 6.42 Å². The highest BCUT2D eigenvalue weighted by Gasteiger charge is 2.22. The van der Waals surface area contributed by atoms with Crippen LogP contribution in [0.15, 0.2) is 48.6 Å². The molecule has 0 aliphatic heterocycles. The number of aliphatic hydroxyl groups is 3. The van der Waals surface area contributed by atoms with Crippen LogP contribution in [0.5, 0.6) is 0 Å². The fourth-order valence-corrected chi connectivity index (χ4v) is 5.16. The Balaban J connectivity index is 3.77. The van der Waals surface area contributed by atoms with Crippen molar-refractivity contribution in [3.63, 3.8) is 0 Å². The lowest BCUT2D eigenvalue weighted by Gasteiger charge is -2.21. The van der Waals surface area contributed by atoms with Crippen LogP contribution in [0.4, 0.5) is 0 Å². The molecule has 5 heteroatoms. The highest BCUT2D eigenvalue weighted by Crippen LogP contribution is 2.13. The Morgan fingerprint density at radius 3 is 1.48 bits per heavy atom. The molecule has 5 nitrogen and oxygen atoms in total. The fraction of sp³-hybridized carbons (Fsp3) is 0.769. The highest BCUT2D eigenvalue weighted by molar-refractivity contribution is 5.80. The maximum Gasteiger partial charge on any atom is 0.249 e. The number of allylic oxidation sites excluding steroid dienone is 7. The van der Waals surface area contributed by atoms with Crippen LogP contribution in [0, 0.1) is 0 Å². The molecule has 1 amide bonds. The first-order chi connectivity index (χ1) is 21.6. The minimum Gasteiger partial charge on any atom is -0.394 e. The average molecular weight is 618 g/mol. The second-order valence-electron chi connectivity index (χ2n) is 12.4. The van der Waals surface area contributed by atoms with Gasteiger partial charge in [0.2, 0.25) is 5.91 Å². The predicted octanol–water partition coefficient (Wildman–Crippen LogP) is 9.81. The summed E-state index contributed by atoms with van der Waals surface area (Å²) in [6.07, 6.45) is 42.7. The monoisotopic (exact) mass is 618 g/mol. The van der Waals surface area contributed by atoms with Gasteiger partial charge in [0.1, 0.15) is 6.10 Å². The topological polar surface area (TPSA) is 89.8 Å². The lowest BCUT2D eigenvalue weighted by molar-refractivity contribution is -0.131. The molecule has 256 valence electrons. The molecule has 0 aromatic heterocycles. The minimum atomic E-state index is -1.11. The van der Waals surface area contributed by atoms with E-state index < -0.39 is 24.2 Å². The predicted molar refractivity (Wildman–Crippen MR) is 190 cm³/mol. The smallest absolute Gasteiger partial charge is 0.249 e. The third-order valence-corrected chi connectivity index (χ3v) is 8.10. The molecule has 0 aromatic rings. The zero-order valence-electron chi connectivity index (χ0n) is 28.8. The van der Waals surface area contributed by atoms with Crippen LogP contribution in [0.1, 0.15) is 168 Å². The summed E-state index contributed by atoms with van der Waals surface area (Å²) >= 11 is 0. The Kier molecular flexibility index (Phi) is 32.9. The molecule has 0 spiro atoms. The summed E-state index contributed by atoms with van der Waals surface area (Å²) < 4.78 is 0. The van der Waals surface area contributed by atoms with E-state index >= 15 is 0 Å². The van der Waals surface area contributed by atoms with E-state index in [9.17, 15) is 20.1 Å². The van der Waals surface area contributed by atoms with E-state index in [0.717, 1.165) is 57.8 Å². The van der Waals surface area contributed by atoms with E-state index in [1.54, 1.807) is 6.08 Å². The van der Waals surface area contributed by atoms with Crippen molar-refractivity contribution >= 4 is 5.91 Å². The Morgan fingerprint density at radius 1 is 0.545 bits per heavy atom. The van der Waals surface area contributed by atoms with Crippen LogP contribution in [0.2, 0.25) is 0 Å². The van der Waals surface area contributed by atoms with Crippen molar-refractivity contribution in [3.8, 4) is 0 Å². The maximum absolute atomic E-state index is 12.4. The highest BCUT2D eigenvalue weighted by atomic mass is 16.3. The molecule has 3 atom stereocenters. The number of hydrogen-bond acceptors (Lipinski definition) is 4. The zero-order valence-corrected chi connectivity index (χ0v) is 28.8. The standard InChI is InChI=1S/C39H71NO4/c1-3-5-7-9-11-13-15-16-17-18-19-20-21-22-24-26-28-30-32-34-38(43)39(44)40-36(35-41)37(42)33-31-29-27-25-23-14-12-10-8-6-4-2/h8,10,19-20,23,25,31,33,36-38,41-43H,3-7,9,11-18,21-22,24,26-30,32,34-35H2,1-2H3,(H,40,44)/b10-8+,20-19-,25-23+,33-31+. The van der Waals surface area contributed by atoms with Crippen LogP contribution in [0.25, 0.3) is 0 Å². The minimum absolute atomic E-state index is 0.385. The molecule has 0 heterocycles. The summed E-state index contributed by atoms with van der Waals surface area (Å²) in [5, 5.41) is 32.8. The summed E-state index contributed by atoms with van der Waals surface area (Å²) in [5.74, 6) is -0.526. The van der Waals surface area contributed by atoms with Gasteiger partial charge in [-0.1, -0.05) is 152 Å². The van der Waals surface area contributed by atoms with Gasteiger partial charge in [-0.25, -0.2) is 0 Å². The molecular weight excluding hydrogens is 546 g/mol. The third kappa shape index (κ3) is 29.0. The van der Waals surface area contributed by atoms with Crippen molar-refractivity contribution in [1.29, 1.82) is 0 Å². The van der Waals surface area contributed by atoms with Crippen molar-refractivity contribution in [3.05, 3.63) is 48.6 Å². The molecular formula is C39H71NO4. The van der Waals surface area contributed by atoms with Crippen molar-refractivity contribution < 1.29 is 20.1 Å². The first-order valence-corrected chi connectivity index (χ1v) is 18.5. The number of nitrogens with one attached hydrogen (secondary N) is 1. The third-order valence-electron chi connectivity index (χ3n) is 8.10. The summed E-state index contributed by atoms with van der Waals surface area (Å²) in [6.45, 7) is 4.07. The Hall–Kier alpha value is -1.69. The average Bonchev–Trinajstić information content (AvgIpc) is 3.03. The van der Waals surface area contributed by atoms with Gasteiger partial charge in [0.05, 0.1) is 18.8 Å². The Labute approximate surface area is 272 Å². The van der Waals surface area contributed by atoms with E-state index in [1.165, 1.54) is 89.9 Å². The summed E-state index contributed by atoms with van der Waals surface area (Å²) in [7, 11) is 0. The Bertz CT molecular complexity index is 730. The molecule has 4 N–H and O–H groups in total. The Morgan fingerprint density at radius 2 is 0.977 bits per heavy atom. The number of unbranched alkanes of at least 4 members (excludes halogenated alkanes) is 18. The van der Waals surface area contributed by atoms with E-state index in [1.807, 2.05) is 6.08 Å². The second-order valence-corrected chi connectivity index (χ2v) is 12.4. The van der Waals surface area contributed by atoms with Crippen molar-refractivity contribution in [2.45, 2.75) is 186 Å². The van der Waals surface area contributed by atoms with Gasteiger partial charge in [-0.15, -0.1) is 0 Å². The van der Waals surface area contributed by atoms with Gasteiger partial charge in [0, 0.05) is 0 Å². The van der Waals surface area contributed by atoms with E-state index in [2.05, 4.69) is 55.6 Å². The van der Waals surface area contributed by atoms with Gasteiger partial charge in [0.25, 0.3) is 0 Å². The lowest BCUT2D eigenvalue weighted by Crippen LogP contribution is -2.48. The van der Waals surface area contributed by atoms with Crippen molar-refractivity contribution in [2.24, 2.45) is 0 Å². The van der Waals surface area contributed by atoms with Gasteiger partial charge >= 0.3 is 0 Å². The molecule has 0 aliphatic rings. The maximum atomic E-state index is 12.4. The molecule has 0 fully saturated rings. The van der Waals surface area contributed by atoms with E-state index in [-0.39, 0.29) is 6.61 Å². The summed E-state index contributed by atoms with van der Waals surface area (Å²) in [4.78, 5) is 12.4. The SMILES string of the molecule is CCC/C=C/CC/C=C/CC/C=C/C(O)C(CO)NC(=O)C(O)CCCCCCCC/C=C\CCCCCCCCCCC.